The highest BCUT2D eigenvalue weighted by atomic mass is 16.3. The van der Waals surface area contributed by atoms with Crippen LogP contribution in [0.2, 0.25) is 0 Å². The van der Waals surface area contributed by atoms with Crippen LogP contribution in [0.25, 0.3) is 0 Å². The molecular formula is C14H17NO3. The van der Waals surface area contributed by atoms with Gasteiger partial charge in [0.1, 0.15) is 11.5 Å². The van der Waals surface area contributed by atoms with E-state index in [2.05, 4.69) is 5.32 Å². The van der Waals surface area contributed by atoms with Crippen molar-refractivity contribution >= 4 is 5.91 Å². The summed E-state index contributed by atoms with van der Waals surface area (Å²) in [6.07, 6.45) is 4.81. The topological polar surface area (TPSA) is 69.6 Å². The lowest BCUT2D eigenvalue weighted by atomic mass is 9.95. The third-order valence-electron chi connectivity index (χ3n) is 4.22. The summed E-state index contributed by atoms with van der Waals surface area (Å²) in [6, 6.07) is 4.24. The number of carbonyl (C=O) groups is 1. The van der Waals surface area contributed by atoms with Gasteiger partial charge in [-0.3, -0.25) is 4.79 Å². The number of phenols is 2. The quantitative estimate of drug-likeness (QED) is 0.748. The minimum atomic E-state index is -0.209. The average molecular weight is 247 g/mol. The van der Waals surface area contributed by atoms with Gasteiger partial charge in [-0.15, -0.1) is 0 Å². The average Bonchev–Trinajstić information content (AvgIpc) is 2.89. The molecule has 2 fully saturated rings. The minimum Gasteiger partial charge on any atom is -0.508 e. The molecule has 2 aliphatic rings. The Hall–Kier alpha value is -1.71. The van der Waals surface area contributed by atoms with E-state index in [1.807, 2.05) is 0 Å². The van der Waals surface area contributed by atoms with E-state index in [1.54, 1.807) is 0 Å². The Balaban J connectivity index is 1.71. The number of benzene rings is 1. The first-order valence-electron chi connectivity index (χ1n) is 6.45. The lowest BCUT2D eigenvalue weighted by molar-refractivity contribution is 0.0922. The minimum absolute atomic E-state index is 0.0897. The molecule has 4 heteroatoms. The molecule has 0 aromatic heterocycles. The van der Waals surface area contributed by atoms with Gasteiger partial charge >= 0.3 is 0 Å². The van der Waals surface area contributed by atoms with Crippen molar-refractivity contribution in [1.82, 2.24) is 5.32 Å². The SMILES string of the molecule is O=C(NC1CC2CCC1C2)c1cc(O)cc(O)c1. The first-order valence-corrected chi connectivity index (χ1v) is 6.45. The first kappa shape index (κ1) is 11.4. The number of aromatic hydroxyl groups is 2. The molecule has 0 spiro atoms. The monoisotopic (exact) mass is 247 g/mol. The van der Waals surface area contributed by atoms with Crippen LogP contribution in [0.1, 0.15) is 36.0 Å². The van der Waals surface area contributed by atoms with Crippen molar-refractivity contribution in [3.63, 3.8) is 0 Å². The van der Waals surface area contributed by atoms with E-state index in [-0.39, 0.29) is 23.4 Å². The van der Waals surface area contributed by atoms with E-state index in [0.29, 0.717) is 11.5 Å². The van der Waals surface area contributed by atoms with Crippen molar-refractivity contribution < 1.29 is 15.0 Å². The molecule has 0 saturated heterocycles. The number of hydrogen-bond donors (Lipinski definition) is 3. The third kappa shape index (κ3) is 2.03. The van der Waals surface area contributed by atoms with Crippen molar-refractivity contribution in [2.75, 3.05) is 0 Å². The van der Waals surface area contributed by atoms with Crippen molar-refractivity contribution in [1.29, 1.82) is 0 Å². The highest BCUT2D eigenvalue weighted by molar-refractivity contribution is 5.95. The molecule has 3 unspecified atom stereocenters. The molecule has 4 nitrogen and oxygen atoms in total. The summed E-state index contributed by atoms with van der Waals surface area (Å²) in [5.41, 5.74) is 0.315. The van der Waals surface area contributed by atoms with E-state index in [4.69, 9.17) is 0 Å². The van der Waals surface area contributed by atoms with E-state index >= 15 is 0 Å². The summed E-state index contributed by atoms with van der Waals surface area (Å²) in [4.78, 5) is 12.0. The predicted molar refractivity (Wildman–Crippen MR) is 66.5 cm³/mol. The van der Waals surface area contributed by atoms with Gasteiger partial charge in [0.05, 0.1) is 0 Å². The zero-order chi connectivity index (χ0) is 12.7. The molecule has 1 amide bonds. The Morgan fingerprint density at radius 1 is 1.11 bits per heavy atom. The predicted octanol–water partition coefficient (Wildman–Crippen LogP) is 2.02. The van der Waals surface area contributed by atoms with E-state index < -0.39 is 0 Å². The van der Waals surface area contributed by atoms with Crippen molar-refractivity contribution in [3.05, 3.63) is 23.8 Å². The van der Waals surface area contributed by atoms with Crippen molar-refractivity contribution in [2.45, 2.75) is 31.7 Å². The van der Waals surface area contributed by atoms with E-state index in [1.165, 1.54) is 37.5 Å². The Labute approximate surface area is 106 Å². The fourth-order valence-corrected chi connectivity index (χ4v) is 3.40. The summed E-state index contributed by atoms with van der Waals surface area (Å²) in [7, 11) is 0. The number of rotatable bonds is 2. The van der Waals surface area contributed by atoms with Gasteiger partial charge in [0.25, 0.3) is 5.91 Å². The van der Waals surface area contributed by atoms with Crippen LogP contribution in [-0.4, -0.2) is 22.2 Å². The highest BCUT2D eigenvalue weighted by Crippen LogP contribution is 2.44. The third-order valence-corrected chi connectivity index (χ3v) is 4.22. The van der Waals surface area contributed by atoms with Crippen LogP contribution >= 0.6 is 0 Å². The van der Waals surface area contributed by atoms with Gasteiger partial charge in [-0.05, 0) is 43.2 Å². The van der Waals surface area contributed by atoms with Crippen molar-refractivity contribution in [2.24, 2.45) is 11.8 Å². The molecule has 96 valence electrons. The second-order valence-electron chi connectivity index (χ2n) is 5.49. The lowest BCUT2D eigenvalue weighted by Gasteiger charge is -2.22. The van der Waals surface area contributed by atoms with E-state index in [9.17, 15) is 15.0 Å². The Morgan fingerprint density at radius 3 is 2.39 bits per heavy atom. The molecule has 2 aliphatic carbocycles. The van der Waals surface area contributed by atoms with Gasteiger partial charge in [-0.25, -0.2) is 0 Å². The van der Waals surface area contributed by atoms with Gasteiger partial charge in [0, 0.05) is 17.7 Å². The second-order valence-corrected chi connectivity index (χ2v) is 5.49. The first-order chi connectivity index (χ1) is 8.61. The molecule has 3 N–H and O–H groups in total. The number of fused-ring (bicyclic) bond motifs is 2. The smallest absolute Gasteiger partial charge is 0.251 e. The number of phenolic OH excluding ortho intramolecular Hbond substituents is 2. The molecular weight excluding hydrogens is 230 g/mol. The van der Waals surface area contributed by atoms with E-state index in [0.717, 1.165) is 12.3 Å². The van der Waals surface area contributed by atoms with Crippen LogP contribution in [0, 0.1) is 11.8 Å². The zero-order valence-electron chi connectivity index (χ0n) is 10.1. The molecule has 0 heterocycles. The summed E-state index contributed by atoms with van der Waals surface area (Å²) in [5, 5.41) is 21.8. The second kappa shape index (κ2) is 4.19. The summed E-state index contributed by atoms with van der Waals surface area (Å²) < 4.78 is 0. The molecule has 18 heavy (non-hydrogen) atoms. The molecule has 2 saturated carbocycles. The fraction of sp³-hybridized carbons (Fsp3) is 0.500. The van der Waals surface area contributed by atoms with Crippen LogP contribution in [0.15, 0.2) is 18.2 Å². The van der Waals surface area contributed by atoms with Crippen LogP contribution in [0.5, 0.6) is 11.5 Å². The summed E-state index contributed by atoms with van der Waals surface area (Å²) in [5.74, 6) is 1.00. The van der Waals surface area contributed by atoms with Crippen LogP contribution in [0.4, 0.5) is 0 Å². The number of hydrogen-bond acceptors (Lipinski definition) is 3. The molecule has 3 rings (SSSR count). The fourth-order valence-electron chi connectivity index (χ4n) is 3.40. The molecule has 0 radical (unpaired) electrons. The maximum Gasteiger partial charge on any atom is 0.251 e. The van der Waals surface area contributed by atoms with Gasteiger partial charge in [-0.2, -0.15) is 0 Å². The number of amides is 1. The standard InChI is InChI=1S/C14H17NO3/c16-11-5-10(6-12(17)7-11)14(18)15-13-4-8-1-2-9(13)3-8/h5-9,13,16-17H,1-4H2,(H,15,18). The largest absolute Gasteiger partial charge is 0.508 e. The van der Waals surface area contributed by atoms with Crippen LogP contribution in [0.3, 0.4) is 0 Å². The van der Waals surface area contributed by atoms with Crippen LogP contribution in [-0.2, 0) is 0 Å². The van der Waals surface area contributed by atoms with Gasteiger partial charge in [0.2, 0.25) is 0 Å². The molecule has 0 aliphatic heterocycles. The maximum absolute atomic E-state index is 12.0. The summed E-state index contributed by atoms with van der Waals surface area (Å²) >= 11 is 0. The number of carbonyl (C=O) groups excluding carboxylic acids is 1. The summed E-state index contributed by atoms with van der Waals surface area (Å²) in [6.45, 7) is 0. The lowest BCUT2D eigenvalue weighted by Crippen LogP contribution is -2.38. The van der Waals surface area contributed by atoms with Gasteiger partial charge in [-0.1, -0.05) is 6.42 Å². The molecule has 3 atom stereocenters. The molecule has 1 aromatic rings. The Bertz CT molecular complexity index is 466. The zero-order valence-corrected chi connectivity index (χ0v) is 10.1. The highest BCUT2D eigenvalue weighted by Gasteiger charge is 2.40. The Morgan fingerprint density at radius 2 is 1.83 bits per heavy atom. The maximum atomic E-state index is 12.0. The normalized spacial score (nSPS) is 29.4. The van der Waals surface area contributed by atoms with Gasteiger partial charge < -0.3 is 15.5 Å². The van der Waals surface area contributed by atoms with Crippen molar-refractivity contribution in [3.8, 4) is 11.5 Å². The van der Waals surface area contributed by atoms with Gasteiger partial charge in [0.15, 0.2) is 0 Å². The number of nitrogens with one attached hydrogen (secondary N) is 1. The van der Waals surface area contributed by atoms with Crippen LogP contribution < -0.4 is 5.32 Å². The Kier molecular flexibility index (Phi) is 2.65. The molecule has 1 aromatic carbocycles. The molecule has 2 bridgehead atoms.